The van der Waals surface area contributed by atoms with Gasteiger partial charge >= 0.3 is 0 Å². The summed E-state index contributed by atoms with van der Waals surface area (Å²) < 4.78 is 0. The number of hydrogen-bond donors (Lipinski definition) is 2. The van der Waals surface area contributed by atoms with E-state index in [2.05, 4.69) is 29.1 Å². The van der Waals surface area contributed by atoms with Gasteiger partial charge in [-0.05, 0) is 30.9 Å². The van der Waals surface area contributed by atoms with Gasteiger partial charge in [-0.15, -0.1) is 0 Å². The first-order chi connectivity index (χ1) is 9.23. The molecule has 0 saturated carbocycles. The molecule has 1 aromatic heterocycles. The number of nitrogens with one attached hydrogen (secondary N) is 1. The second-order valence-electron chi connectivity index (χ2n) is 5.02. The van der Waals surface area contributed by atoms with Crippen molar-refractivity contribution in [1.29, 1.82) is 0 Å². The zero-order valence-electron chi connectivity index (χ0n) is 11.7. The fraction of sp³-hybridized carbons (Fsp3) is 0.467. The van der Waals surface area contributed by atoms with Gasteiger partial charge in [-0.3, -0.25) is 0 Å². The molecule has 19 heavy (non-hydrogen) atoms. The molecule has 0 aliphatic carbocycles. The molecule has 0 saturated heterocycles. The zero-order valence-corrected chi connectivity index (χ0v) is 11.7. The van der Waals surface area contributed by atoms with Crippen molar-refractivity contribution >= 4 is 16.9 Å². The molecule has 102 valence electrons. The Balaban J connectivity index is 2.13. The fourth-order valence-corrected chi connectivity index (χ4v) is 2.18. The summed E-state index contributed by atoms with van der Waals surface area (Å²) in [4.78, 5) is 8.87. The van der Waals surface area contributed by atoms with E-state index < -0.39 is 0 Å². The van der Waals surface area contributed by atoms with Gasteiger partial charge in [0.2, 0.25) is 5.95 Å². The van der Waals surface area contributed by atoms with Gasteiger partial charge in [0.05, 0.1) is 5.52 Å². The maximum Gasteiger partial charge on any atom is 0.223 e. The molecular formula is C15H22N4. The molecule has 1 heterocycles. The number of anilines is 1. The summed E-state index contributed by atoms with van der Waals surface area (Å²) >= 11 is 0. The molecule has 3 N–H and O–H groups in total. The van der Waals surface area contributed by atoms with Gasteiger partial charge in [0.15, 0.2) is 0 Å². The first kappa shape index (κ1) is 13.7. The molecule has 2 aromatic rings. The predicted octanol–water partition coefficient (Wildman–Crippen LogP) is 2.81. The van der Waals surface area contributed by atoms with Gasteiger partial charge in [0.25, 0.3) is 0 Å². The third-order valence-electron chi connectivity index (χ3n) is 4.04. The molecule has 0 atom stereocenters. The summed E-state index contributed by atoms with van der Waals surface area (Å²) in [7, 11) is 0. The van der Waals surface area contributed by atoms with Crippen molar-refractivity contribution in [1.82, 2.24) is 9.97 Å². The van der Waals surface area contributed by atoms with Crippen molar-refractivity contribution in [3.63, 3.8) is 0 Å². The molecule has 2 rings (SSSR count). The highest BCUT2D eigenvalue weighted by molar-refractivity contribution is 5.78. The van der Waals surface area contributed by atoms with Crippen LogP contribution < -0.4 is 11.1 Å². The molecular weight excluding hydrogens is 236 g/mol. The molecule has 0 bridgehead atoms. The summed E-state index contributed by atoms with van der Waals surface area (Å²) in [5, 5.41) is 4.39. The van der Waals surface area contributed by atoms with Gasteiger partial charge in [0, 0.05) is 18.1 Å². The van der Waals surface area contributed by atoms with Gasteiger partial charge < -0.3 is 11.1 Å². The molecule has 4 nitrogen and oxygen atoms in total. The van der Waals surface area contributed by atoms with Gasteiger partial charge in [-0.1, -0.05) is 32.0 Å². The number of benzene rings is 1. The largest absolute Gasteiger partial charge is 0.354 e. The van der Waals surface area contributed by atoms with E-state index in [4.69, 9.17) is 5.73 Å². The Bertz CT molecular complexity index is 526. The number of fused-ring (bicyclic) bond motifs is 1. The van der Waals surface area contributed by atoms with Crippen LogP contribution in [-0.4, -0.2) is 23.1 Å². The maximum atomic E-state index is 5.90. The van der Waals surface area contributed by atoms with Gasteiger partial charge in [-0.2, -0.15) is 0 Å². The Hall–Kier alpha value is -1.68. The Morgan fingerprint density at radius 2 is 1.95 bits per heavy atom. The lowest BCUT2D eigenvalue weighted by Crippen LogP contribution is -2.36. The second kappa shape index (κ2) is 5.97. The smallest absolute Gasteiger partial charge is 0.223 e. The Labute approximate surface area is 114 Å². The number of rotatable bonds is 6. The Morgan fingerprint density at radius 3 is 2.63 bits per heavy atom. The minimum absolute atomic E-state index is 0.134. The monoisotopic (exact) mass is 258 g/mol. The Kier molecular flexibility index (Phi) is 4.32. The van der Waals surface area contributed by atoms with Crippen LogP contribution in [0.25, 0.3) is 10.9 Å². The second-order valence-corrected chi connectivity index (χ2v) is 5.02. The standard InChI is InChI=1S/C15H22N4/c1-3-15(4-2,10-16)11-18-14-17-9-12-7-5-6-8-13(12)19-14/h5-9H,3-4,10-11,16H2,1-2H3,(H,17,18,19). The molecule has 0 amide bonds. The first-order valence-electron chi connectivity index (χ1n) is 6.89. The highest BCUT2D eigenvalue weighted by Crippen LogP contribution is 2.25. The lowest BCUT2D eigenvalue weighted by molar-refractivity contribution is 0.294. The van der Waals surface area contributed by atoms with Gasteiger partial charge in [-0.25, -0.2) is 9.97 Å². The van der Waals surface area contributed by atoms with Crippen LogP contribution in [0, 0.1) is 5.41 Å². The van der Waals surface area contributed by atoms with E-state index in [1.807, 2.05) is 30.5 Å². The Morgan fingerprint density at radius 1 is 1.21 bits per heavy atom. The third-order valence-corrected chi connectivity index (χ3v) is 4.04. The van der Waals surface area contributed by atoms with Crippen molar-refractivity contribution in [3.05, 3.63) is 30.5 Å². The average Bonchev–Trinajstić information content (AvgIpc) is 2.49. The lowest BCUT2D eigenvalue weighted by atomic mass is 9.82. The molecule has 0 fully saturated rings. The molecule has 0 aliphatic rings. The fourth-order valence-electron chi connectivity index (χ4n) is 2.18. The van der Waals surface area contributed by atoms with E-state index in [0.717, 1.165) is 30.3 Å². The van der Waals surface area contributed by atoms with Crippen molar-refractivity contribution < 1.29 is 0 Å². The van der Waals surface area contributed by atoms with E-state index in [-0.39, 0.29) is 5.41 Å². The highest BCUT2D eigenvalue weighted by Gasteiger charge is 2.24. The maximum absolute atomic E-state index is 5.90. The predicted molar refractivity (Wildman–Crippen MR) is 80.1 cm³/mol. The summed E-state index contributed by atoms with van der Waals surface area (Å²) in [6, 6.07) is 7.99. The van der Waals surface area contributed by atoms with Crippen molar-refractivity contribution in [2.45, 2.75) is 26.7 Å². The van der Waals surface area contributed by atoms with Crippen molar-refractivity contribution in [2.24, 2.45) is 11.1 Å². The molecule has 0 spiro atoms. The number of hydrogen-bond acceptors (Lipinski definition) is 4. The van der Waals surface area contributed by atoms with Crippen LogP contribution in [0.1, 0.15) is 26.7 Å². The topological polar surface area (TPSA) is 63.8 Å². The summed E-state index contributed by atoms with van der Waals surface area (Å²) in [6.45, 7) is 5.86. The molecule has 0 aliphatic heterocycles. The number of nitrogens with two attached hydrogens (primary N) is 1. The number of para-hydroxylation sites is 1. The molecule has 0 unspecified atom stereocenters. The quantitative estimate of drug-likeness (QED) is 0.836. The summed E-state index contributed by atoms with van der Waals surface area (Å²) in [6.07, 6.45) is 3.97. The summed E-state index contributed by atoms with van der Waals surface area (Å²) in [5.41, 5.74) is 7.00. The van der Waals surface area contributed by atoms with Crippen LogP contribution in [0.3, 0.4) is 0 Å². The van der Waals surface area contributed by atoms with E-state index in [9.17, 15) is 0 Å². The highest BCUT2D eigenvalue weighted by atomic mass is 15.1. The van der Waals surface area contributed by atoms with E-state index in [1.54, 1.807) is 0 Å². The van der Waals surface area contributed by atoms with Crippen LogP contribution in [0.15, 0.2) is 30.5 Å². The third kappa shape index (κ3) is 3.01. The SMILES string of the molecule is CCC(CC)(CN)CNc1ncc2ccccc2n1. The molecule has 4 heteroatoms. The van der Waals surface area contributed by atoms with Crippen LogP contribution in [0.5, 0.6) is 0 Å². The molecule has 0 radical (unpaired) electrons. The number of nitrogens with zero attached hydrogens (tertiary/aromatic N) is 2. The van der Waals surface area contributed by atoms with Crippen LogP contribution in [0.2, 0.25) is 0 Å². The minimum Gasteiger partial charge on any atom is -0.354 e. The number of aromatic nitrogens is 2. The lowest BCUT2D eigenvalue weighted by Gasteiger charge is -2.30. The van der Waals surface area contributed by atoms with Crippen LogP contribution in [-0.2, 0) is 0 Å². The van der Waals surface area contributed by atoms with E-state index >= 15 is 0 Å². The molecule has 1 aromatic carbocycles. The van der Waals surface area contributed by atoms with Crippen LogP contribution in [0.4, 0.5) is 5.95 Å². The summed E-state index contributed by atoms with van der Waals surface area (Å²) in [5.74, 6) is 0.679. The minimum atomic E-state index is 0.134. The normalized spacial score (nSPS) is 11.7. The van der Waals surface area contributed by atoms with Crippen LogP contribution >= 0.6 is 0 Å². The first-order valence-corrected chi connectivity index (χ1v) is 6.89. The van der Waals surface area contributed by atoms with E-state index in [1.165, 1.54) is 0 Å². The average molecular weight is 258 g/mol. The van der Waals surface area contributed by atoms with Crippen molar-refractivity contribution in [3.8, 4) is 0 Å². The zero-order chi connectivity index (χ0) is 13.7. The van der Waals surface area contributed by atoms with Gasteiger partial charge in [0.1, 0.15) is 0 Å². The van der Waals surface area contributed by atoms with Crippen molar-refractivity contribution in [2.75, 3.05) is 18.4 Å². The van der Waals surface area contributed by atoms with E-state index in [0.29, 0.717) is 12.5 Å².